The highest BCUT2D eigenvalue weighted by Crippen LogP contribution is 2.06. The quantitative estimate of drug-likeness (QED) is 0.533. The molecule has 0 saturated heterocycles. The molecule has 0 aliphatic rings. The Morgan fingerprint density at radius 1 is 1.04 bits per heavy atom. The largest absolute Gasteiger partial charge is 0.350 e. The molecule has 140 valence electrons. The van der Waals surface area contributed by atoms with Crippen LogP contribution in [0.15, 0.2) is 66.0 Å². The van der Waals surface area contributed by atoms with E-state index in [1.165, 1.54) is 6.33 Å². The van der Waals surface area contributed by atoms with Gasteiger partial charge in [-0.2, -0.15) is 5.10 Å². The highest BCUT2D eigenvalue weighted by Gasteiger charge is 2.09. The van der Waals surface area contributed by atoms with Crippen LogP contribution in [0, 0.1) is 0 Å². The number of hydrogen-bond acceptors (Lipinski definition) is 6. The van der Waals surface area contributed by atoms with Gasteiger partial charge in [0.05, 0.1) is 11.9 Å². The van der Waals surface area contributed by atoms with Crippen LogP contribution < -0.4 is 10.9 Å². The Kier molecular flexibility index (Phi) is 4.87. The first-order valence-corrected chi connectivity index (χ1v) is 8.68. The number of hydrogen-bond donors (Lipinski definition) is 1. The third-order valence-corrected chi connectivity index (χ3v) is 4.25. The summed E-state index contributed by atoms with van der Waals surface area (Å²) in [5, 5.41) is 15.1. The van der Waals surface area contributed by atoms with E-state index >= 15 is 0 Å². The highest BCUT2D eigenvalue weighted by atomic mass is 16.2. The van der Waals surface area contributed by atoms with Gasteiger partial charge in [0.15, 0.2) is 0 Å². The number of aromatic nitrogens is 6. The van der Waals surface area contributed by atoms with Gasteiger partial charge in [-0.1, -0.05) is 41.6 Å². The number of carbonyl (C=O) groups is 1. The molecule has 1 amide bonds. The van der Waals surface area contributed by atoms with E-state index < -0.39 is 0 Å². The van der Waals surface area contributed by atoms with Crippen molar-refractivity contribution in [2.75, 3.05) is 0 Å². The lowest BCUT2D eigenvalue weighted by atomic mass is 10.1. The average molecular weight is 375 g/mol. The number of fused-ring (bicyclic) bond motifs is 1. The second-order valence-electron chi connectivity index (χ2n) is 6.26. The van der Waals surface area contributed by atoms with Gasteiger partial charge >= 0.3 is 0 Å². The zero-order valence-corrected chi connectivity index (χ0v) is 14.9. The number of rotatable bonds is 6. The number of amides is 1. The van der Waals surface area contributed by atoms with Crippen molar-refractivity contribution in [2.24, 2.45) is 0 Å². The molecule has 0 atom stereocenters. The fraction of sp³-hybridized carbons (Fsp3) is 0.158. The van der Waals surface area contributed by atoms with Crippen molar-refractivity contribution in [3.05, 3.63) is 82.7 Å². The lowest BCUT2D eigenvalue weighted by Crippen LogP contribution is -2.34. The van der Waals surface area contributed by atoms with E-state index in [0.29, 0.717) is 24.0 Å². The maximum absolute atomic E-state index is 12.4. The summed E-state index contributed by atoms with van der Waals surface area (Å²) in [5.41, 5.74) is 2.21. The van der Waals surface area contributed by atoms with Gasteiger partial charge in [0.1, 0.15) is 24.7 Å². The van der Waals surface area contributed by atoms with Crippen LogP contribution in [0.1, 0.15) is 11.1 Å². The first kappa shape index (κ1) is 17.5. The number of benzene rings is 2. The lowest BCUT2D eigenvalue weighted by Gasteiger charge is -2.08. The molecule has 2 aromatic heterocycles. The summed E-state index contributed by atoms with van der Waals surface area (Å²) in [4.78, 5) is 28.5. The minimum absolute atomic E-state index is 0.180. The van der Waals surface area contributed by atoms with Crippen molar-refractivity contribution in [3.63, 3.8) is 0 Å². The zero-order valence-electron chi connectivity index (χ0n) is 14.9. The van der Waals surface area contributed by atoms with Crippen molar-refractivity contribution in [2.45, 2.75) is 19.6 Å². The van der Waals surface area contributed by atoms with Crippen molar-refractivity contribution >= 4 is 16.8 Å². The van der Waals surface area contributed by atoms with E-state index in [-0.39, 0.29) is 18.0 Å². The Hall–Kier alpha value is -3.88. The molecule has 0 radical (unpaired) electrons. The monoisotopic (exact) mass is 375 g/mol. The van der Waals surface area contributed by atoms with Crippen molar-refractivity contribution in [1.82, 2.24) is 35.1 Å². The van der Waals surface area contributed by atoms with Crippen molar-refractivity contribution < 1.29 is 4.79 Å². The fourth-order valence-corrected chi connectivity index (χ4v) is 2.78. The molecule has 0 saturated carbocycles. The van der Waals surface area contributed by atoms with Gasteiger partial charge in [0.2, 0.25) is 5.91 Å². The molecule has 0 spiro atoms. The molecule has 28 heavy (non-hydrogen) atoms. The molecule has 0 aliphatic heterocycles. The highest BCUT2D eigenvalue weighted by molar-refractivity contribution is 5.78. The zero-order chi connectivity index (χ0) is 19.3. The standard InChI is InChI=1S/C19H17N7O2/c27-18(11-26-19(28)16-3-1-2-4-17(16)23-24-26)21-9-14-5-7-15(8-6-14)10-25-13-20-12-22-25/h1-8,12-13H,9-11H2,(H,21,27). The first-order chi connectivity index (χ1) is 13.7. The van der Waals surface area contributed by atoms with Crippen molar-refractivity contribution in [1.29, 1.82) is 0 Å². The molecule has 0 unspecified atom stereocenters. The normalized spacial score (nSPS) is 10.9. The Morgan fingerprint density at radius 3 is 2.61 bits per heavy atom. The summed E-state index contributed by atoms with van der Waals surface area (Å²) in [7, 11) is 0. The van der Waals surface area contributed by atoms with Gasteiger partial charge in [0, 0.05) is 6.54 Å². The van der Waals surface area contributed by atoms with Crippen LogP contribution in [0.2, 0.25) is 0 Å². The van der Waals surface area contributed by atoms with Crippen LogP contribution in [0.25, 0.3) is 10.9 Å². The van der Waals surface area contributed by atoms with Crippen LogP contribution in [0.3, 0.4) is 0 Å². The minimum atomic E-state index is -0.335. The molecule has 0 bridgehead atoms. The summed E-state index contributed by atoms with van der Waals surface area (Å²) in [6.45, 7) is 0.815. The maximum Gasteiger partial charge on any atom is 0.278 e. The molecule has 2 aromatic carbocycles. The molecular weight excluding hydrogens is 358 g/mol. The average Bonchev–Trinajstić information content (AvgIpc) is 3.23. The number of nitrogens with one attached hydrogen (secondary N) is 1. The van der Waals surface area contributed by atoms with E-state index in [9.17, 15) is 9.59 Å². The van der Waals surface area contributed by atoms with Gasteiger partial charge in [-0.25, -0.2) is 14.3 Å². The molecular formula is C19H17N7O2. The molecule has 0 fully saturated rings. The van der Waals surface area contributed by atoms with Crippen LogP contribution in [0.5, 0.6) is 0 Å². The number of carbonyl (C=O) groups excluding carboxylic acids is 1. The van der Waals surface area contributed by atoms with E-state index in [2.05, 4.69) is 25.7 Å². The van der Waals surface area contributed by atoms with Gasteiger partial charge in [0.25, 0.3) is 5.56 Å². The second kappa shape index (κ2) is 7.78. The summed E-state index contributed by atoms with van der Waals surface area (Å²) in [6, 6.07) is 14.7. The Balaban J connectivity index is 1.35. The van der Waals surface area contributed by atoms with Gasteiger partial charge in [-0.3, -0.25) is 9.59 Å². The molecule has 0 aliphatic carbocycles. The van der Waals surface area contributed by atoms with Crippen LogP contribution >= 0.6 is 0 Å². The third-order valence-electron chi connectivity index (χ3n) is 4.25. The molecule has 4 rings (SSSR count). The summed E-state index contributed by atoms with van der Waals surface area (Å²) in [5.74, 6) is -0.307. The number of nitrogens with zero attached hydrogens (tertiary/aromatic N) is 6. The maximum atomic E-state index is 12.4. The Bertz CT molecular complexity index is 1150. The SMILES string of the molecule is O=C(Cn1nnc2ccccc2c1=O)NCc1ccc(Cn2cncn2)cc1. The summed E-state index contributed by atoms with van der Waals surface area (Å²) in [6.07, 6.45) is 3.15. The van der Waals surface area contributed by atoms with E-state index in [1.807, 2.05) is 24.3 Å². The predicted molar refractivity (Wildman–Crippen MR) is 101 cm³/mol. The van der Waals surface area contributed by atoms with Crippen LogP contribution in [-0.2, 0) is 24.4 Å². The fourth-order valence-electron chi connectivity index (χ4n) is 2.78. The molecule has 4 aromatic rings. The van der Waals surface area contributed by atoms with Crippen LogP contribution in [0.4, 0.5) is 0 Å². The second-order valence-corrected chi connectivity index (χ2v) is 6.26. The lowest BCUT2D eigenvalue weighted by molar-refractivity contribution is -0.122. The Morgan fingerprint density at radius 2 is 1.82 bits per heavy atom. The summed E-state index contributed by atoms with van der Waals surface area (Å²) < 4.78 is 2.80. The molecule has 2 heterocycles. The summed E-state index contributed by atoms with van der Waals surface area (Å²) >= 11 is 0. The third kappa shape index (κ3) is 3.93. The topological polar surface area (TPSA) is 108 Å². The van der Waals surface area contributed by atoms with Crippen molar-refractivity contribution in [3.8, 4) is 0 Å². The molecule has 9 heteroatoms. The van der Waals surface area contributed by atoms with Gasteiger partial charge in [-0.15, -0.1) is 5.10 Å². The molecule has 9 nitrogen and oxygen atoms in total. The van der Waals surface area contributed by atoms with Gasteiger partial charge < -0.3 is 5.32 Å². The van der Waals surface area contributed by atoms with Crippen LogP contribution in [-0.4, -0.2) is 35.7 Å². The van der Waals surface area contributed by atoms with E-state index in [0.717, 1.165) is 15.8 Å². The first-order valence-electron chi connectivity index (χ1n) is 8.68. The smallest absolute Gasteiger partial charge is 0.278 e. The Labute approximate surface area is 159 Å². The predicted octanol–water partition coefficient (Wildman–Crippen LogP) is 0.748. The van der Waals surface area contributed by atoms with E-state index in [4.69, 9.17) is 0 Å². The van der Waals surface area contributed by atoms with E-state index in [1.54, 1.807) is 35.3 Å². The molecule has 1 N–H and O–H groups in total. The van der Waals surface area contributed by atoms with Gasteiger partial charge in [-0.05, 0) is 23.3 Å². The minimum Gasteiger partial charge on any atom is -0.350 e.